The molecule has 0 unspecified atom stereocenters. The Bertz CT molecular complexity index is 526. The molecule has 1 aromatic carbocycles. The van der Waals surface area contributed by atoms with Crippen molar-refractivity contribution in [3.63, 3.8) is 0 Å². The van der Waals surface area contributed by atoms with E-state index in [0.717, 1.165) is 41.7 Å². The maximum absolute atomic E-state index is 12.1. The van der Waals surface area contributed by atoms with Crippen LogP contribution in [0.25, 0.3) is 0 Å². The fourth-order valence-corrected chi connectivity index (χ4v) is 3.68. The van der Waals surface area contributed by atoms with Crippen LogP contribution in [0.1, 0.15) is 69.1 Å². The van der Waals surface area contributed by atoms with Gasteiger partial charge in [0, 0.05) is 5.56 Å². The molecule has 2 rings (SSSR count). The molecule has 0 atom stereocenters. The second-order valence-electron chi connectivity index (χ2n) is 6.32. The van der Waals surface area contributed by atoms with Crippen molar-refractivity contribution in [2.24, 2.45) is 0 Å². The summed E-state index contributed by atoms with van der Waals surface area (Å²) in [5, 5.41) is 9.95. The molecule has 0 spiro atoms. The number of hydrogen-bond donors (Lipinski definition) is 1. The molecule has 0 saturated heterocycles. The van der Waals surface area contributed by atoms with Crippen molar-refractivity contribution in [2.45, 2.75) is 64.2 Å². The highest BCUT2D eigenvalue weighted by Gasteiger charge is 2.46. The zero-order chi connectivity index (χ0) is 15.6. The van der Waals surface area contributed by atoms with Crippen molar-refractivity contribution in [3.05, 3.63) is 28.8 Å². The first-order chi connectivity index (χ1) is 9.97. The van der Waals surface area contributed by atoms with Crippen LogP contribution in [0.4, 0.5) is 0 Å². The highest BCUT2D eigenvalue weighted by molar-refractivity contribution is 5.84. The van der Waals surface area contributed by atoms with Gasteiger partial charge in [0.1, 0.15) is 5.75 Å². The van der Waals surface area contributed by atoms with E-state index in [9.17, 15) is 9.90 Å². The van der Waals surface area contributed by atoms with E-state index in [1.165, 1.54) is 0 Å². The molecule has 0 bridgehead atoms. The maximum atomic E-state index is 12.1. The van der Waals surface area contributed by atoms with Crippen LogP contribution in [0.2, 0.25) is 0 Å². The monoisotopic (exact) mass is 290 g/mol. The lowest BCUT2D eigenvalue weighted by Gasteiger charge is -2.31. The van der Waals surface area contributed by atoms with Gasteiger partial charge in [-0.05, 0) is 36.3 Å². The van der Waals surface area contributed by atoms with E-state index in [1.807, 2.05) is 0 Å². The van der Waals surface area contributed by atoms with Gasteiger partial charge in [0.25, 0.3) is 0 Å². The molecule has 3 nitrogen and oxygen atoms in total. The molecule has 1 saturated carbocycles. The van der Waals surface area contributed by atoms with E-state index in [0.29, 0.717) is 12.8 Å². The summed E-state index contributed by atoms with van der Waals surface area (Å²) >= 11 is 0. The van der Waals surface area contributed by atoms with Crippen LogP contribution in [0.5, 0.6) is 5.75 Å². The van der Waals surface area contributed by atoms with Crippen LogP contribution in [0.3, 0.4) is 0 Å². The van der Waals surface area contributed by atoms with Gasteiger partial charge in [-0.3, -0.25) is 4.79 Å². The van der Waals surface area contributed by atoms with Gasteiger partial charge in [-0.2, -0.15) is 0 Å². The zero-order valence-corrected chi connectivity index (χ0v) is 13.5. The average molecular weight is 290 g/mol. The van der Waals surface area contributed by atoms with Crippen molar-refractivity contribution < 1.29 is 14.6 Å². The largest absolute Gasteiger partial charge is 0.496 e. The fraction of sp³-hybridized carbons (Fsp3) is 0.611. The van der Waals surface area contributed by atoms with Crippen molar-refractivity contribution in [1.29, 1.82) is 0 Å². The number of aliphatic carboxylic acids is 1. The zero-order valence-electron chi connectivity index (χ0n) is 13.5. The topological polar surface area (TPSA) is 46.5 Å². The third-order valence-electron chi connectivity index (χ3n) is 4.82. The molecule has 0 radical (unpaired) electrons. The highest BCUT2D eigenvalue weighted by atomic mass is 16.5. The molecule has 1 aliphatic rings. The third-order valence-corrected chi connectivity index (χ3v) is 4.82. The predicted molar refractivity (Wildman–Crippen MR) is 84.2 cm³/mol. The van der Waals surface area contributed by atoms with Crippen molar-refractivity contribution in [2.75, 3.05) is 7.11 Å². The van der Waals surface area contributed by atoms with Crippen LogP contribution in [-0.4, -0.2) is 18.2 Å². The van der Waals surface area contributed by atoms with Crippen molar-refractivity contribution >= 4 is 5.97 Å². The number of carbonyl (C=O) groups is 1. The van der Waals surface area contributed by atoms with Crippen LogP contribution in [0, 0.1) is 0 Å². The van der Waals surface area contributed by atoms with Gasteiger partial charge in [-0.15, -0.1) is 0 Å². The summed E-state index contributed by atoms with van der Waals surface area (Å²) in [5.74, 6) is 0.387. The molecule has 1 fully saturated rings. The lowest BCUT2D eigenvalue weighted by molar-refractivity contribution is -0.143. The Hall–Kier alpha value is -1.51. The van der Waals surface area contributed by atoms with E-state index in [1.54, 1.807) is 7.11 Å². The molecule has 3 heteroatoms. The van der Waals surface area contributed by atoms with E-state index in [-0.39, 0.29) is 5.92 Å². The van der Waals surface area contributed by atoms with Gasteiger partial charge >= 0.3 is 5.97 Å². The molecule has 1 aromatic rings. The van der Waals surface area contributed by atoms with Crippen LogP contribution < -0.4 is 4.74 Å². The minimum Gasteiger partial charge on any atom is -0.496 e. The molecular formula is C18H26O3. The molecule has 116 valence electrons. The summed E-state index contributed by atoms with van der Waals surface area (Å²) in [4.78, 5) is 12.1. The standard InChI is InChI=1S/C18H26O3/c1-5-13-8-9-14(12(2)3)15(16(13)21-4)18(17(19)20)10-6-7-11-18/h8-9,12H,5-7,10-11H2,1-4H3,(H,19,20). The van der Waals surface area contributed by atoms with Crippen molar-refractivity contribution in [1.82, 2.24) is 0 Å². The summed E-state index contributed by atoms with van der Waals surface area (Å²) in [5.41, 5.74) is 2.39. The quantitative estimate of drug-likeness (QED) is 0.880. The van der Waals surface area contributed by atoms with Crippen LogP contribution in [-0.2, 0) is 16.6 Å². The fourth-order valence-electron chi connectivity index (χ4n) is 3.68. The van der Waals surface area contributed by atoms with Crippen LogP contribution >= 0.6 is 0 Å². The Balaban J connectivity index is 2.77. The number of methoxy groups -OCH3 is 1. The first-order valence-electron chi connectivity index (χ1n) is 7.91. The van der Waals surface area contributed by atoms with Crippen LogP contribution in [0.15, 0.2) is 12.1 Å². The number of rotatable bonds is 5. The van der Waals surface area contributed by atoms with Gasteiger partial charge in [-0.25, -0.2) is 0 Å². The first kappa shape index (κ1) is 15.9. The smallest absolute Gasteiger partial charge is 0.314 e. The minimum absolute atomic E-state index is 0.289. The molecule has 0 heterocycles. The molecular weight excluding hydrogens is 264 g/mol. The summed E-state index contributed by atoms with van der Waals surface area (Å²) < 4.78 is 5.68. The van der Waals surface area contributed by atoms with E-state index in [2.05, 4.69) is 32.9 Å². The number of carboxylic acids is 1. The summed E-state index contributed by atoms with van der Waals surface area (Å²) in [6.07, 6.45) is 4.23. The molecule has 0 aliphatic heterocycles. The second-order valence-corrected chi connectivity index (χ2v) is 6.32. The van der Waals surface area contributed by atoms with E-state index >= 15 is 0 Å². The lowest BCUT2D eigenvalue weighted by Crippen LogP contribution is -2.34. The van der Waals surface area contributed by atoms with E-state index < -0.39 is 11.4 Å². The Kier molecular flexibility index (Phi) is 4.60. The third kappa shape index (κ3) is 2.54. The highest BCUT2D eigenvalue weighted by Crippen LogP contribution is 2.49. The number of carboxylic acid groups (broad SMARTS) is 1. The molecule has 0 amide bonds. The Morgan fingerprint density at radius 3 is 2.38 bits per heavy atom. The molecule has 1 aliphatic carbocycles. The minimum atomic E-state index is -0.768. The summed E-state index contributed by atoms with van der Waals surface area (Å²) in [7, 11) is 1.66. The maximum Gasteiger partial charge on any atom is 0.314 e. The number of ether oxygens (including phenoxy) is 1. The second kappa shape index (κ2) is 6.08. The SMILES string of the molecule is CCc1ccc(C(C)C)c(C2(C(=O)O)CCCC2)c1OC. The average Bonchev–Trinajstić information content (AvgIpc) is 2.95. The first-order valence-corrected chi connectivity index (χ1v) is 7.91. The summed E-state index contributed by atoms with van der Waals surface area (Å²) in [6, 6.07) is 4.19. The van der Waals surface area contributed by atoms with Gasteiger partial charge in [0.15, 0.2) is 0 Å². The van der Waals surface area contributed by atoms with Gasteiger partial charge in [-0.1, -0.05) is 45.7 Å². The summed E-state index contributed by atoms with van der Waals surface area (Å²) in [6.45, 7) is 6.32. The molecule has 21 heavy (non-hydrogen) atoms. The Morgan fingerprint density at radius 2 is 1.95 bits per heavy atom. The number of aryl methyl sites for hydroxylation is 1. The molecule has 1 N–H and O–H groups in total. The van der Waals surface area contributed by atoms with Crippen molar-refractivity contribution in [3.8, 4) is 5.75 Å². The molecule has 0 aromatic heterocycles. The Labute approximate surface area is 127 Å². The number of benzene rings is 1. The number of hydrogen-bond acceptors (Lipinski definition) is 2. The van der Waals surface area contributed by atoms with Gasteiger partial charge in [0.2, 0.25) is 0 Å². The van der Waals surface area contributed by atoms with Gasteiger partial charge in [0.05, 0.1) is 12.5 Å². The normalized spacial score (nSPS) is 17.2. The van der Waals surface area contributed by atoms with Gasteiger partial charge < -0.3 is 9.84 Å². The lowest BCUT2D eigenvalue weighted by atomic mass is 9.73. The van der Waals surface area contributed by atoms with E-state index in [4.69, 9.17) is 4.74 Å². The predicted octanol–water partition coefficient (Wildman–Crippen LogP) is 4.28. The Morgan fingerprint density at radius 1 is 1.33 bits per heavy atom.